The molecule has 2 unspecified atom stereocenters. The molecule has 3 heterocycles. The standard InChI is InChI=1S/C28H33N3O5/c1-3-36-28(34)12-14-30(15-13-28)27(33)24-20-9-4-5-10-21(20)26(32)31(16-17-35-2)25(24)22-18-29-23-11-7-6-8-19(22)23/h4-11,18,24-25,29,34H,3,12-17H2,1-2H3. The van der Waals surface area contributed by atoms with E-state index in [0.29, 0.717) is 51.3 Å². The summed E-state index contributed by atoms with van der Waals surface area (Å²) in [7, 11) is 1.61. The van der Waals surface area contributed by atoms with Gasteiger partial charge in [-0.25, -0.2) is 0 Å². The number of hydrogen-bond acceptors (Lipinski definition) is 5. The maximum atomic E-state index is 14.3. The van der Waals surface area contributed by atoms with Crippen molar-refractivity contribution in [2.75, 3.05) is 40.0 Å². The van der Waals surface area contributed by atoms with Crippen LogP contribution in [0.3, 0.4) is 0 Å². The Balaban J connectivity index is 1.60. The summed E-state index contributed by atoms with van der Waals surface area (Å²) in [6.07, 6.45) is 2.62. The Hall–Kier alpha value is -3.20. The number of H-pyrrole nitrogens is 1. The van der Waals surface area contributed by atoms with Crippen LogP contribution in [0.25, 0.3) is 10.9 Å². The van der Waals surface area contributed by atoms with Gasteiger partial charge in [0.2, 0.25) is 5.91 Å². The maximum Gasteiger partial charge on any atom is 0.254 e. The van der Waals surface area contributed by atoms with Gasteiger partial charge in [0.1, 0.15) is 0 Å². The molecule has 2 aliphatic heterocycles. The number of rotatable bonds is 7. The van der Waals surface area contributed by atoms with Gasteiger partial charge >= 0.3 is 0 Å². The monoisotopic (exact) mass is 491 g/mol. The van der Waals surface area contributed by atoms with Crippen LogP contribution in [0.4, 0.5) is 0 Å². The highest BCUT2D eigenvalue weighted by atomic mass is 16.6. The van der Waals surface area contributed by atoms with E-state index in [1.165, 1.54) is 0 Å². The summed E-state index contributed by atoms with van der Waals surface area (Å²) >= 11 is 0. The normalized spacial score (nSPS) is 21.6. The number of ether oxygens (including phenoxy) is 2. The molecule has 5 rings (SSSR count). The quantitative estimate of drug-likeness (QED) is 0.494. The van der Waals surface area contributed by atoms with Gasteiger partial charge in [0.05, 0.1) is 18.6 Å². The molecule has 8 heteroatoms. The zero-order valence-electron chi connectivity index (χ0n) is 20.8. The van der Waals surface area contributed by atoms with Gasteiger partial charge in [-0.05, 0) is 24.6 Å². The molecular formula is C28H33N3O5. The molecule has 0 bridgehead atoms. The molecule has 2 aromatic carbocycles. The van der Waals surface area contributed by atoms with E-state index in [0.717, 1.165) is 22.0 Å². The Morgan fingerprint density at radius 3 is 2.58 bits per heavy atom. The van der Waals surface area contributed by atoms with Crippen LogP contribution >= 0.6 is 0 Å². The van der Waals surface area contributed by atoms with Crippen LogP contribution in [0, 0.1) is 0 Å². The first-order valence-electron chi connectivity index (χ1n) is 12.6. The van der Waals surface area contributed by atoms with Gasteiger partial charge in [-0.1, -0.05) is 36.4 Å². The lowest BCUT2D eigenvalue weighted by Crippen LogP contribution is -2.53. The summed E-state index contributed by atoms with van der Waals surface area (Å²) in [5.41, 5.74) is 3.15. The number of aromatic amines is 1. The Morgan fingerprint density at radius 1 is 1.11 bits per heavy atom. The summed E-state index contributed by atoms with van der Waals surface area (Å²) in [6.45, 7) is 3.77. The Morgan fingerprint density at radius 2 is 1.83 bits per heavy atom. The number of methoxy groups -OCH3 is 1. The van der Waals surface area contributed by atoms with E-state index in [1.807, 2.05) is 55.6 Å². The number of fused-ring (bicyclic) bond motifs is 2. The number of para-hydroxylation sites is 1. The lowest BCUT2D eigenvalue weighted by Gasteiger charge is -2.45. The molecule has 1 saturated heterocycles. The second-order valence-electron chi connectivity index (χ2n) is 9.50. The molecule has 1 aromatic heterocycles. The number of nitrogens with one attached hydrogen (secondary N) is 1. The van der Waals surface area contributed by atoms with Crippen molar-refractivity contribution in [2.24, 2.45) is 0 Å². The number of carbonyl (C=O) groups excluding carboxylic acids is 2. The summed E-state index contributed by atoms with van der Waals surface area (Å²) in [5, 5.41) is 11.7. The molecule has 0 radical (unpaired) electrons. The fourth-order valence-electron chi connectivity index (χ4n) is 5.66. The van der Waals surface area contributed by atoms with Gasteiger partial charge in [0, 0.05) is 74.4 Å². The largest absolute Gasteiger partial charge is 0.383 e. The molecule has 8 nitrogen and oxygen atoms in total. The summed E-state index contributed by atoms with van der Waals surface area (Å²) in [5.74, 6) is -1.95. The Kier molecular flexibility index (Phi) is 6.83. The third kappa shape index (κ3) is 4.30. The van der Waals surface area contributed by atoms with Crippen molar-refractivity contribution in [3.63, 3.8) is 0 Å². The fraction of sp³-hybridized carbons (Fsp3) is 0.429. The summed E-state index contributed by atoms with van der Waals surface area (Å²) < 4.78 is 10.9. The smallest absolute Gasteiger partial charge is 0.254 e. The van der Waals surface area contributed by atoms with Crippen LogP contribution in [0.2, 0.25) is 0 Å². The van der Waals surface area contributed by atoms with E-state index in [1.54, 1.807) is 23.0 Å². The SMILES string of the molecule is CCOC1(O)CCN(C(=O)C2c3ccccc3C(=O)N(CCOC)C2c2c[nH]c3ccccc23)CC1. The third-order valence-corrected chi connectivity index (χ3v) is 7.45. The van der Waals surface area contributed by atoms with E-state index in [2.05, 4.69) is 4.98 Å². The molecular weight excluding hydrogens is 458 g/mol. The van der Waals surface area contributed by atoms with E-state index in [4.69, 9.17) is 9.47 Å². The zero-order chi connectivity index (χ0) is 25.3. The minimum absolute atomic E-state index is 0.0498. The molecule has 1 fully saturated rings. The molecule has 2 atom stereocenters. The van der Waals surface area contributed by atoms with E-state index in [9.17, 15) is 14.7 Å². The molecule has 190 valence electrons. The van der Waals surface area contributed by atoms with Gasteiger partial charge in [-0.15, -0.1) is 0 Å². The molecule has 2 N–H and O–H groups in total. The summed E-state index contributed by atoms with van der Waals surface area (Å²) in [6, 6.07) is 14.8. The highest BCUT2D eigenvalue weighted by Crippen LogP contribution is 2.46. The molecule has 2 amide bonds. The van der Waals surface area contributed by atoms with E-state index >= 15 is 0 Å². The predicted molar refractivity (Wildman–Crippen MR) is 136 cm³/mol. The lowest BCUT2D eigenvalue weighted by molar-refractivity contribution is -0.223. The van der Waals surface area contributed by atoms with Crippen molar-refractivity contribution in [1.82, 2.24) is 14.8 Å². The number of benzene rings is 2. The number of aliphatic hydroxyl groups is 1. The second-order valence-corrected chi connectivity index (χ2v) is 9.50. The first-order valence-corrected chi connectivity index (χ1v) is 12.6. The van der Waals surface area contributed by atoms with Gasteiger partial charge in [-0.2, -0.15) is 0 Å². The highest BCUT2D eigenvalue weighted by molar-refractivity contribution is 6.02. The topological polar surface area (TPSA) is 95.1 Å². The molecule has 0 saturated carbocycles. The van der Waals surface area contributed by atoms with Crippen LogP contribution in [0.1, 0.15) is 53.2 Å². The molecule has 2 aliphatic rings. The average molecular weight is 492 g/mol. The average Bonchev–Trinajstić information content (AvgIpc) is 3.32. The molecule has 3 aromatic rings. The van der Waals surface area contributed by atoms with Crippen LogP contribution in [0.15, 0.2) is 54.7 Å². The van der Waals surface area contributed by atoms with Crippen molar-refractivity contribution < 1.29 is 24.2 Å². The number of piperidine rings is 1. The van der Waals surface area contributed by atoms with Crippen molar-refractivity contribution in [3.05, 3.63) is 71.4 Å². The molecule has 36 heavy (non-hydrogen) atoms. The van der Waals surface area contributed by atoms with Crippen LogP contribution in [0.5, 0.6) is 0 Å². The molecule has 0 spiro atoms. The first kappa shape index (κ1) is 24.5. The second kappa shape index (κ2) is 10.0. The highest BCUT2D eigenvalue weighted by Gasteiger charge is 2.47. The van der Waals surface area contributed by atoms with Gasteiger partial charge in [0.25, 0.3) is 5.91 Å². The number of nitrogens with zero attached hydrogens (tertiary/aromatic N) is 2. The zero-order valence-corrected chi connectivity index (χ0v) is 20.8. The van der Waals surface area contributed by atoms with Crippen LogP contribution in [-0.2, 0) is 14.3 Å². The number of carbonyl (C=O) groups is 2. The number of amides is 2. The predicted octanol–water partition coefficient (Wildman–Crippen LogP) is 3.44. The van der Waals surface area contributed by atoms with Crippen LogP contribution in [-0.4, -0.2) is 77.4 Å². The van der Waals surface area contributed by atoms with Gasteiger partial charge in [-0.3, -0.25) is 9.59 Å². The number of likely N-dealkylation sites (tertiary alicyclic amines) is 1. The lowest BCUT2D eigenvalue weighted by atomic mass is 9.78. The number of hydrogen-bond donors (Lipinski definition) is 2. The van der Waals surface area contributed by atoms with Crippen molar-refractivity contribution in [1.29, 1.82) is 0 Å². The van der Waals surface area contributed by atoms with Crippen LogP contribution < -0.4 is 0 Å². The fourth-order valence-corrected chi connectivity index (χ4v) is 5.66. The third-order valence-electron chi connectivity index (χ3n) is 7.45. The van der Waals surface area contributed by atoms with E-state index in [-0.39, 0.29) is 11.8 Å². The Bertz CT molecular complexity index is 1250. The van der Waals surface area contributed by atoms with E-state index < -0.39 is 17.7 Å². The minimum atomic E-state index is -1.20. The van der Waals surface area contributed by atoms with Crippen molar-refractivity contribution >= 4 is 22.7 Å². The minimum Gasteiger partial charge on any atom is -0.383 e. The Labute approximate surface area is 210 Å². The first-order chi connectivity index (χ1) is 17.5. The van der Waals surface area contributed by atoms with Crippen molar-refractivity contribution in [3.8, 4) is 0 Å². The number of aromatic nitrogens is 1. The van der Waals surface area contributed by atoms with Crippen molar-refractivity contribution in [2.45, 2.75) is 37.5 Å². The molecule has 0 aliphatic carbocycles. The maximum absolute atomic E-state index is 14.3. The summed E-state index contributed by atoms with van der Waals surface area (Å²) in [4.78, 5) is 34.9. The van der Waals surface area contributed by atoms with Gasteiger partial charge in [0.15, 0.2) is 5.79 Å². The van der Waals surface area contributed by atoms with Gasteiger partial charge < -0.3 is 29.4 Å².